The Kier molecular flexibility index (Phi) is 4.22. The zero-order chi connectivity index (χ0) is 20.2. The van der Waals surface area contributed by atoms with E-state index >= 15 is 0 Å². The standard InChI is InChI=1S/C18H13F3N4O2S/c1-7(16-8-3-10(19)11(20)4-9(8)17(26)24-23-16)25(2)18(27)13-5-14-12(22-13)6-15(21)28-14/h3-7,22H,1-2H3,(H,24,26). The summed E-state index contributed by atoms with van der Waals surface area (Å²) >= 11 is 0.915. The highest BCUT2D eigenvalue weighted by atomic mass is 32.1. The van der Waals surface area contributed by atoms with Crippen molar-refractivity contribution >= 4 is 38.2 Å². The molecule has 3 heterocycles. The summed E-state index contributed by atoms with van der Waals surface area (Å²) in [5.41, 5.74) is 0.313. The lowest BCUT2D eigenvalue weighted by Gasteiger charge is -2.24. The van der Waals surface area contributed by atoms with Crippen molar-refractivity contribution in [3.63, 3.8) is 0 Å². The number of amides is 1. The Hall–Kier alpha value is -3.14. The molecule has 0 saturated carbocycles. The highest BCUT2D eigenvalue weighted by Gasteiger charge is 2.25. The van der Waals surface area contributed by atoms with Crippen LogP contribution in [0.15, 0.2) is 29.1 Å². The van der Waals surface area contributed by atoms with Crippen LogP contribution >= 0.6 is 11.3 Å². The van der Waals surface area contributed by atoms with Gasteiger partial charge in [-0.05, 0) is 25.1 Å². The first-order valence-corrected chi connectivity index (χ1v) is 9.00. The van der Waals surface area contributed by atoms with Gasteiger partial charge in [0.05, 0.1) is 27.3 Å². The molecule has 0 saturated heterocycles. The predicted octanol–water partition coefficient (Wildman–Crippen LogP) is 3.72. The quantitative estimate of drug-likeness (QED) is 0.544. The Bertz CT molecular complexity index is 1260. The molecule has 1 aromatic carbocycles. The van der Waals surface area contributed by atoms with Crippen molar-refractivity contribution < 1.29 is 18.0 Å². The van der Waals surface area contributed by atoms with Crippen molar-refractivity contribution in [2.75, 3.05) is 7.05 Å². The van der Waals surface area contributed by atoms with Gasteiger partial charge < -0.3 is 9.88 Å². The summed E-state index contributed by atoms with van der Waals surface area (Å²) in [7, 11) is 1.51. The molecule has 10 heteroatoms. The van der Waals surface area contributed by atoms with Crippen LogP contribution in [0.1, 0.15) is 29.1 Å². The molecule has 0 radical (unpaired) electrons. The Labute approximate surface area is 159 Å². The van der Waals surface area contributed by atoms with Crippen molar-refractivity contribution in [1.82, 2.24) is 20.1 Å². The summed E-state index contributed by atoms with van der Waals surface area (Å²) in [5.74, 6) is -2.67. The molecule has 1 unspecified atom stereocenters. The number of carbonyl (C=O) groups excluding carboxylic acids is 1. The second-order valence-electron chi connectivity index (χ2n) is 6.35. The van der Waals surface area contributed by atoms with Gasteiger partial charge in [0.1, 0.15) is 5.69 Å². The molecule has 0 aliphatic carbocycles. The zero-order valence-electron chi connectivity index (χ0n) is 14.6. The first kappa shape index (κ1) is 18.2. The zero-order valence-corrected chi connectivity index (χ0v) is 15.5. The van der Waals surface area contributed by atoms with E-state index < -0.39 is 29.1 Å². The summed E-state index contributed by atoms with van der Waals surface area (Å²) in [6.45, 7) is 1.64. The second-order valence-corrected chi connectivity index (χ2v) is 7.39. The Balaban J connectivity index is 1.73. The number of fused-ring (bicyclic) bond motifs is 2. The monoisotopic (exact) mass is 406 g/mol. The molecule has 0 aliphatic heterocycles. The van der Waals surface area contributed by atoms with Crippen LogP contribution in [0.4, 0.5) is 13.2 Å². The lowest BCUT2D eigenvalue weighted by atomic mass is 10.1. The number of aromatic amines is 2. The SMILES string of the molecule is CC(c1n[nH]c(=O)c2cc(F)c(F)cc12)N(C)C(=O)c1cc2sc(F)cc2[nH]1. The van der Waals surface area contributed by atoms with E-state index in [1.165, 1.54) is 18.0 Å². The summed E-state index contributed by atoms with van der Waals surface area (Å²) < 4.78 is 41.1. The third kappa shape index (κ3) is 2.85. The number of H-pyrrole nitrogens is 2. The van der Waals surface area contributed by atoms with Crippen LogP contribution in [-0.4, -0.2) is 33.0 Å². The van der Waals surface area contributed by atoms with Crippen molar-refractivity contribution in [1.29, 1.82) is 0 Å². The first-order valence-electron chi connectivity index (χ1n) is 8.19. The number of carbonyl (C=O) groups is 1. The third-order valence-electron chi connectivity index (χ3n) is 4.66. The minimum Gasteiger partial charge on any atom is -0.350 e. The molecule has 144 valence electrons. The molecule has 1 amide bonds. The molecule has 4 rings (SSSR count). The normalized spacial score (nSPS) is 12.6. The summed E-state index contributed by atoms with van der Waals surface area (Å²) in [6.07, 6.45) is 0. The summed E-state index contributed by atoms with van der Waals surface area (Å²) in [4.78, 5) is 28.9. The highest BCUT2D eigenvalue weighted by molar-refractivity contribution is 7.17. The largest absolute Gasteiger partial charge is 0.350 e. The van der Waals surface area contributed by atoms with Crippen LogP contribution in [0.5, 0.6) is 0 Å². The average Bonchev–Trinajstić information content (AvgIpc) is 3.19. The molecule has 3 aromatic heterocycles. The number of hydrogen-bond acceptors (Lipinski definition) is 4. The molecule has 6 nitrogen and oxygen atoms in total. The third-order valence-corrected chi connectivity index (χ3v) is 5.53. The lowest BCUT2D eigenvalue weighted by molar-refractivity contribution is 0.0735. The number of thiophene rings is 1. The Morgan fingerprint density at radius 1 is 1.14 bits per heavy atom. The van der Waals surface area contributed by atoms with E-state index in [1.54, 1.807) is 13.0 Å². The van der Waals surface area contributed by atoms with Gasteiger partial charge in [0, 0.05) is 18.5 Å². The van der Waals surface area contributed by atoms with Gasteiger partial charge in [0.2, 0.25) is 0 Å². The van der Waals surface area contributed by atoms with Gasteiger partial charge in [0.15, 0.2) is 16.8 Å². The maximum Gasteiger partial charge on any atom is 0.272 e. The molecular weight excluding hydrogens is 393 g/mol. The number of nitrogens with zero attached hydrogens (tertiary/aromatic N) is 2. The molecule has 0 aliphatic rings. The van der Waals surface area contributed by atoms with Crippen LogP contribution in [0.2, 0.25) is 0 Å². The fourth-order valence-electron chi connectivity index (χ4n) is 3.05. The van der Waals surface area contributed by atoms with Crippen LogP contribution in [-0.2, 0) is 0 Å². The molecule has 0 fully saturated rings. The topological polar surface area (TPSA) is 81.8 Å². The van der Waals surface area contributed by atoms with Gasteiger partial charge >= 0.3 is 0 Å². The van der Waals surface area contributed by atoms with Gasteiger partial charge in [-0.3, -0.25) is 9.59 Å². The molecule has 0 bridgehead atoms. The maximum atomic E-state index is 13.7. The van der Waals surface area contributed by atoms with Crippen LogP contribution in [0, 0.1) is 16.8 Å². The molecule has 0 spiro atoms. The van der Waals surface area contributed by atoms with E-state index in [0.29, 0.717) is 10.2 Å². The van der Waals surface area contributed by atoms with Gasteiger partial charge in [0.25, 0.3) is 11.5 Å². The number of benzene rings is 1. The van der Waals surface area contributed by atoms with Crippen molar-refractivity contribution in [3.05, 3.63) is 62.8 Å². The fourth-order valence-corrected chi connectivity index (χ4v) is 3.84. The Morgan fingerprint density at radius 2 is 1.82 bits per heavy atom. The van der Waals surface area contributed by atoms with E-state index in [-0.39, 0.29) is 27.3 Å². The Morgan fingerprint density at radius 3 is 2.50 bits per heavy atom. The van der Waals surface area contributed by atoms with Crippen LogP contribution < -0.4 is 5.56 Å². The van der Waals surface area contributed by atoms with Gasteiger partial charge in [-0.25, -0.2) is 13.9 Å². The fraction of sp³-hybridized carbons (Fsp3) is 0.167. The molecular formula is C18H13F3N4O2S. The van der Waals surface area contributed by atoms with Crippen molar-refractivity contribution in [3.8, 4) is 0 Å². The number of rotatable bonds is 3. The number of aromatic nitrogens is 3. The van der Waals surface area contributed by atoms with Gasteiger partial charge in [-0.15, -0.1) is 11.3 Å². The van der Waals surface area contributed by atoms with E-state index in [2.05, 4.69) is 15.2 Å². The average molecular weight is 406 g/mol. The molecule has 2 N–H and O–H groups in total. The van der Waals surface area contributed by atoms with Crippen molar-refractivity contribution in [2.24, 2.45) is 0 Å². The van der Waals surface area contributed by atoms with E-state index in [0.717, 1.165) is 23.5 Å². The van der Waals surface area contributed by atoms with E-state index in [1.807, 2.05) is 0 Å². The lowest BCUT2D eigenvalue weighted by Crippen LogP contribution is -2.31. The maximum absolute atomic E-state index is 13.7. The minimum absolute atomic E-state index is 0.0625. The number of hydrogen-bond donors (Lipinski definition) is 2. The highest BCUT2D eigenvalue weighted by Crippen LogP contribution is 2.28. The minimum atomic E-state index is -1.15. The predicted molar refractivity (Wildman–Crippen MR) is 98.9 cm³/mol. The van der Waals surface area contributed by atoms with E-state index in [9.17, 15) is 22.8 Å². The van der Waals surface area contributed by atoms with Gasteiger partial charge in [-0.2, -0.15) is 9.49 Å². The second kappa shape index (κ2) is 6.48. The number of halogens is 3. The molecule has 4 aromatic rings. The van der Waals surface area contributed by atoms with Crippen LogP contribution in [0.3, 0.4) is 0 Å². The summed E-state index contributed by atoms with van der Waals surface area (Å²) in [6, 6.07) is 3.87. The number of nitrogens with one attached hydrogen (secondary N) is 2. The van der Waals surface area contributed by atoms with Gasteiger partial charge in [-0.1, -0.05) is 0 Å². The first-order chi connectivity index (χ1) is 13.3. The smallest absolute Gasteiger partial charge is 0.272 e. The van der Waals surface area contributed by atoms with Crippen molar-refractivity contribution in [2.45, 2.75) is 13.0 Å². The van der Waals surface area contributed by atoms with Crippen LogP contribution in [0.25, 0.3) is 21.0 Å². The molecule has 28 heavy (non-hydrogen) atoms. The molecule has 1 atom stereocenters. The van der Waals surface area contributed by atoms with E-state index in [4.69, 9.17) is 0 Å². The summed E-state index contributed by atoms with van der Waals surface area (Å²) in [5, 5.41) is 5.88.